The van der Waals surface area contributed by atoms with Crippen molar-refractivity contribution in [2.24, 2.45) is 0 Å². The molecule has 1 unspecified atom stereocenters. The molecule has 0 radical (unpaired) electrons. The van der Waals surface area contributed by atoms with Crippen molar-refractivity contribution in [3.8, 4) is 0 Å². The predicted octanol–water partition coefficient (Wildman–Crippen LogP) is 2.09. The first kappa shape index (κ1) is 10.4. The molecule has 1 fully saturated rings. The third-order valence-corrected chi connectivity index (χ3v) is 3.07. The van der Waals surface area contributed by atoms with Crippen LogP contribution in [0.25, 0.3) is 0 Å². The van der Waals surface area contributed by atoms with Gasteiger partial charge in [0.15, 0.2) is 0 Å². The van der Waals surface area contributed by atoms with Gasteiger partial charge in [0.25, 0.3) is 0 Å². The number of rotatable bonds is 3. The van der Waals surface area contributed by atoms with Crippen LogP contribution >= 0.6 is 0 Å². The van der Waals surface area contributed by atoms with Crippen LogP contribution in [-0.2, 0) is 6.42 Å². The number of aryl methyl sites for hydroxylation is 1. The van der Waals surface area contributed by atoms with Crippen LogP contribution < -0.4 is 11.1 Å². The maximum atomic E-state index is 13.1. The van der Waals surface area contributed by atoms with E-state index in [1.54, 1.807) is 6.07 Å². The molecule has 1 heterocycles. The Balaban J connectivity index is 1.95. The first-order valence-corrected chi connectivity index (χ1v) is 5.53. The summed E-state index contributed by atoms with van der Waals surface area (Å²) in [5, 5.41) is 3.43. The van der Waals surface area contributed by atoms with Crippen molar-refractivity contribution in [1.82, 2.24) is 5.32 Å². The standard InChI is InChI=1S/C12H17FN2/c13-11-5-1-3-9(12(11)14)6-7-10-4-2-8-15-10/h1,3,5,10,15H,2,4,6-8,14H2. The second-order valence-corrected chi connectivity index (χ2v) is 4.14. The van der Waals surface area contributed by atoms with Crippen LogP contribution in [0.4, 0.5) is 10.1 Å². The van der Waals surface area contributed by atoms with Gasteiger partial charge in [-0.2, -0.15) is 0 Å². The Morgan fingerprint density at radius 2 is 2.33 bits per heavy atom. The number of halogens is 1. The molecule has 3 N–H and O–H groups in total. The highest BCUT2D eigenvalue weighted by Crippen LogP contribution is 2.19. The molecular formula is C12H17FN2. The SMILES string of the molecule is Nc1c(F)cccc1CCC1CCCN1. The zero-order valence-electron chi connectivity index (χ0n) is 8.80. The number of hydrogen-bond acceptors (Lipinski definition) is 2. The molecule has 0 bridgehead atoms. The summed E-state index contributed by atoms with van der Waals surface area (Å²) in [6.07, 6.45) is 4.40. The summed E-state index contributed by atoms with van der Waals surface area (Å²) in [7, 11) is 0. The van der Waals surface area contributed by atoms with Gasteiger partial charge in [0, 0.05) is 6.04 Å². The van der Waals surface area contributed by atoms with Gasteiger partial charge < -0.3 is 11.1 Å². The zero-order chi connectivity index (χ0) is 10.7. The Labute approximate surface area is 89.7 Å². The lowest BCUT2D eigenvalue weighted by molar-refractivity contribution is 0.558. The molecule has 1 atom stereocenters. The molecule has 1 aromatic rings. The molecule has 0 amide bonds. The van der Waals surface area contributed by atoms with E-state index in [2.05, 4.69) is 5.32 Å². The zero-order valence-corrected chi connectivity index (χ0v) is 8.80. The first-order chi connectivity index (χ1) is 7.27. The molecule has 1 aliphatic rings. The summed E-state index contributed by atoms with van der Waals surface area (Å²) < 4.78 is 13.1. The van der Waals surface area contributed by atoms with Crippen molar-refractivity contribution in [2.75, 3.05) is 12.3 Å². The van der Waals surface area contributed by atoms with Gasteiger partial charge in [0.2, 0.25) is 0 Å². The van der Waals surface area contributed by atoms with Crippen LogP contribution in [0.3, 0.4) is 0 Å². The molecule has 0 aliphatic carbocycles. The average molecular weight is 208 g/mol. The van der Waals surface area contributed by atoms with Crippen molar-refractivity contribution >= 4 is 5.69 Å². The van der Waals surface area contributed by atoms with Gasteiger partial charge >= 0.3 is 0 Å². The van der Waals surface area contributed by atoms with E-state index in [9.17, 15) is 4.39 Å². The molecule has 1 aromatic carbocycles. The van der Waals surface area contributed by atoms with E-state index in [4.69, 9.17) is 5.73 Å². The number of nitrogens with two attached hydrogens (primary N) is 1. The van der Waals surface area contributed by atoms with Crippen LogP contribution in [0.15, 0.2) is 18.2 Å². The summed E-state index contributed by atoms with van der Waals surface area (Å²) in [5.41, 5.74) is 6.92. The Morgan fingerprint density at radius 1 is 1.47 bits per heavy atom. The molecule has 0 spiro atoms. The highest BCUT2D eigenvalue weighted by atomic mass is 19.1. The van der Waals surface area contributed by atoms with Gasteiger partial charge in [0.05, 0.1) is 5.69 Å². The minimum Gasteiger partial charge on any atom is -0.396 e. The number of anilines is 1. The largest absolute Gasteiger partial charge is 0.396 e. The predicted molar refractivity (Wildman–Crippen MR) is 60.2 cm³/mol. The van der Waals surface area contributed by atoms with Crippen LogP contribution in [0, 0.1) is 5.82 Å². The normalized spacial score (nSPS) is 20.7. The van der Waals surface area contributed by atoms with E-state index in [0.717, 1.165) is 24.9 Å². The highest BCUT2D eigenvalue weighted by molar-refractivity contribution is 5.47. The van der Waals surface area contributed by atoms with Crippen LogP contribution in [-0.4, -0.2) is 12.6 Å². The Kier molecular flexibility index (Phi) is 3.21. The molecule has 2 nitrogen and oxygen atoms in total. The fourth-order valence-electron chi connectivity index (χ4n) is 2.13. The average Bonchev–Trinajstić information content (AvgIpc) is 2.73. The topological polar surface area (TPSA) is 38.0 Å². The minimum absolute atomic E-state index is 0.299. The molecule has 1 saturated heterocycles. The number of para-hydroxylation sites is 1. The Hall–Kier alpha value is -1.09. The molecular weight excluding hydrogens is 191 g/mol. The minimum atomic E-state index is -0.299. The van der Waals surface area contributed by atoms with E-state index >= 15 is 0 Å². The molecule has 3 heteroatoms. The van der Waals surface area contributed by atoms with Gasteiger partial charge in [-0.05, 0) is 43.9 Å². The van der Waals surface area contributed by atoms with E-state index in [-0.39, 0.29) is 5.82 Å². The third kappa shape index (κ3) is 2.48. The quantitative estimate of drug-likeness (QED) is 0.746. The van der Waals surface area contributed by atoms with Gasteiger partial charge in [0.1, 0.15) is 5.82 Å². The maximum absolute atomic E-state index is 13.1. The van der Waals surface area contributed by atoms with E-state index in [0.29, 0.717) is 11.7 Å². The second-order valence-electron chi connectivity index (χ2n) is 4.14. The summed E-state index contributed by atoms with van der Waals surface area (Å²) in [4.78, 5) is 0. The van der Waals surface area contributed by atoms with Gasteiger partial charge in [-0.3, -0.25) is 0 Å². The van der Waals surface area contributed by atoms with Crippen molar-refractivity contribution < 1.29 is 4.39 Å². The van der Waals surface area contributed by atoms with Crippen molar-refractivity contribution in [3.05, 3.63) is 29.6 Å². The van der Waals surface area contributed by atoms with Crippen LogP contribution in [0.5, 0.6) is 0 Å². The first-order valence-electron chi connectivity index (χ1n) is 5.53. The van der Waals surface area contributed by atoms with Crippen molar-refractivity contribution in [1.29, 1.82) is 0 Å². The molecule has 15 heavy (non-hydrogen) atoms. The van der Waals surface area contributed by atoms with Gasteiger partial charge in [-0.25, -0.2) is 4.39 Å². The number of hydrogen-bond donors (Lipinski definition) is 2. The lowest BCUT2D eigenvalue weighted by Crippen LogP contribution is -2.21. The number of nitrogens with one attached hydrogen (secondary N) is 1. The van der Waals surface area contributed by atoms with Crippen molar-refractivity contribution in [2.45, 2.75) is 31.7 Å². The number of nitrogen functional groups attached to an aromatic ring is 1. The summed E-state index contributed by atoms with van der Waals surface area (Å²) in [6, 6.07) is 5.64. The van der Waals surface area contributed by atoms with E-state index < -0.39 is 0 Å². The van der Waals surface area contributed by atoms with Crippen molar-refractivity contribution in [3.63, 3.8) is 0 Å². The second kappa shape index (κ2) is 4.62. The lowest BCUT2D eigenvalue weighted by Gasteiger charge is -2.11. The van der Waals surface area contributed by atoms with E-state index in [1.165, 1.54) is 18.9 Å². The number of benzene rings is 1. The lowest BCUT2D eigenvalue weighted by atomic mass is 10.0. The molecule has 0 aromatic heterocycles. The fraction of sp³-hybridized carbons (Fsp3) is 0.500. The molecule has 82 valence electrons. The summed E-state index contributed by atoms with van der Waals surface area (Å²) >= 11 is 0. The van der Waals surface area contributed by atoms with E-state index in [1.807, 2.05) is 6.07 Å². The monoisotopic (exact) mass is 208 g/mol. The summed E-state index contributed by atoms with van der Waals surface area (Å²) in [6.45, 7) is 1.11. The third-order valence-electron chi connectivity index (χ3n) is 3.07. The maximum Gasteiger partial charge on any atom is 0.146 e. The molecule has 0 saturated carbocycles. The van der Waals surface area contributed by atoms with Gasteiger partial charge in [-0.15, -0.1) is 0 Å². The molecule has 1 aliphatic heterocycles. The molecule has 2 rings (SSSR count). The Bertz CT molecular complexity index is 332. The highest BCUT2D eigenvalue weighted by Gasteiger charge is 2.14. The Morgan fingerprint density at radius 3 is 3.07 bits per heavy atom. The van der Waals surface area contributed by atoms with Crippen LogP contribution in [0.2, 0.25) is 0 Å². The summed E-state index contributed by atoms with van der Waals surface area (Å²) in [5.74, 6) is -0.299. The van der Waals surface area contributed by atoms with Crippen LogP contribution in [0.1, 0.15) is 24.8 Å². The fourth-order valence-corrected chi connectivity index (χ4v) is 2.13. The smallest absolute Gasteiger partial charge is 0.146 e. The van der Waals surface area contributed by atoms with Gasteiger partial charge in [-0.1, -0.05) is 12.1 Å².